The number of hydrogen-bond acceptors (Lipinski definition) is 5. The molecule has 7 heteroatoms. The van der Waals surface area contributed by atoms with E-state index in [1.807, 2.05) is 24.0 Å². The number of pyridine rings is 1. The predicted octanol–water partition coefficient (Wildman–Crippen LogP) is 2.19. The number of carbonyl (C=O) groups is 1. The summed E-state index contributed by atoms with van der Waals surface area (Å²) in [6, 6.07) is 3.92. The molecule has 0 saturated carbocycles. The number of hydrogen-bond donors (Lipinski definition) is 1. The van der Waals surface area contributed by atoms with Gasteiger partial charge in [-0.25, -0.2) is 4.98 Å². The molecular formula is C21H27N5O2. The highest BCUT2D eigenvalue weighted by Gasteiger charge is 2.30. The number of rotatable bonds is 4. The second-order valence-electron chi connectivity index (χ2n) is 7.64. The number of likely N-dealkylation sites (tertiary alicyclic amines) is 1. The minimum atomic E-state index is -0.116. The lowest BCUT2D eigenvalue weighted by atomic mass is 9.99. The highest BCUT2D eigenvalue weighted by atomic mass is 16.2. The summed E-state index contributed by atoms with van der Waals surface area (Å²) < 4.78 is 0. The first-order valence-electron chi connectivity index (χ1n) is 10.2. The Morgan fingerprint density at radius 2 is 2.07 bits per heavy atom. The summed E-state index contributed by atoms with van der Waals surface area (Å²) in [7, 11) is 0. The van der Waals surface area contributed by atoms with Crippen molar-refractivity contribution in [2.24, 2.45) is 0 Å². The standard InChI is InChI=1S/C21H27N5O2/c1-2-19(27)26-11-4-3-5-18(26)20-23-17-14-25(12-8-16(17)21(28)24-20)13-15-6-9-22-10-7-15/h6-7,9-10,18H,2-5,8,11-14H2,1H3,(H,23,24,28)/t18-/m0/s1. The SMILES string of the molecule is CCC(=O)N1CCCC[C@H]1c1nc2c(c(=O)[nH]1)CCN(Cc1ccncc1)C2. The smallest absolute Gasteiger partial charge is 0.254 e. The molecule has 1 saturated heterocycles. The summed E-state index contributed by atoms with van der Waals surface area (Å²) in [5.74, 6) is 0.778. The highest BCUT2D eigenvalue weighted by molar-refractivity contribution is 5.76. The number of carbonyl (C=O) groups excluding carboxylic acids is 1. The van der Waals surface area contributed by atoms with Crippen molar-refractivity contribution in [2.75, 3.05) is 13.1 Å². The van der Waals surface area contributed by atoms with Gasteiger partial charge in [-0.1, -0.05) is 6.92 Å². The lowest BCUT2D eigenvalue weighted by molar-refractivity contribution is -0.134. The van der Waals surface area contributed by atoms with Crippen LogP contribution in [0.25, 0.3) is 0 Å². The number of piperidine rings is 1. The Morgan fingerprint density at radius 3 is 2.86 bits per heavy atom. The molecule has 2 aromatic rings. The summed E-state index contributed by atoms with van der Waals surface area (Å²) >= 11 is 0. The van der Waals surface area contributed by atoms with E-state index < -0.39 is 0 Å². The van der Waals surface area contributed by atoms with Crippen molar-refractivity contribution in [1.29, 1.82) is 0 Å². The van der Waals surface area contributed by atoms with Crippen LogP contribution in [0, 0.1) is 0 Å². The van der Waals surface area contributed by atoms with E-state index in [4.69, 9.17) is 4.98 Å². The van der Waals surface area contributed by atoms with Crippen molar-refractivity contribution in [1.82, 2.24) is 24.8 Å². The Morgan fingerprint density at radius 1 is 1.25 bits per heavy atom. The first-order valence-corrected chi connectivity index (χ1v) is 10.2. The van der Waals surface area contributed by atoms with Gasteiger partial charge in [-0.05, 0) is 43.4 Å². The second-order valence-corrected chi connectivity index (χ2v) is 7.64. The summed E-state index contributed by atoms with van der Waals surface area (Å²) in [5, 5.41) is 0. The molecule has 28 heavy (non-hydrogen) atoms. The monoisotopic (exact) mass is 381 g/mol. The number of H-pyrrole nitrogens is 1. The van der Waals surface area contributed by atoms with Crippen LogP contribution in [0.5, 0.6) is 0 Å². The third-order valence-corrected chi connectivity index (χ3v) is 5.77. The number of aromatic amines is 1. The Kier molecular flexibility index (Phi) is 5.52. The van der Waals surface area contributed by atoms with Crippen LogP contribution in [0.15, 0.2) is 29.3 Å². The van der Waals surface area contributed by atoms with Gasteiger partial charge in [0, 0.05) is 50.6 Å². The van der Waals surface area contributed by atoms with E-state index in [1.165, 1.54) is 5.56 Å². The first-order chi connectivity index (χ1) is 13.7. The van der Waals surface area contributed by atoms with Crippen LogP contribution < -0.4 is 5.56 Å². The Labute approximate surface area is 164 Å². The van der Waals surface area contributed by atoms with Crippen molar-refractivity contribution in [3.8, 4) is 0 Å². The molecule has 1 amide bonds. The zero-order valence-electron chi connectivity index (χ0n) is 16.4. The second kappa shape index (κ2) is 8.22. The third-order valence-electron chi connectivity index (χ3n) is 5.77. The molecular weight excluding hydrogens is 354 g/mol. The molecule has 1 N–H and O–H groups in total. The molecule has 2 aromatic heterocycles. The number of nitrogens with one attached hydrogen (secondary N) is 1. The van der Waals surface area contributed by atoms with Crippen LogP contribution >= 0.6 is 0 Å². The molecule has 4 rings (SSSR count). The van der Waals surface area contributed by atoms with E-state index in [2.05, 4.69) is 14.9 Å². The van der Waals surface area contributed by atoms with E-state index in [0.29, 0.717) is 25.2 Å². The topological polar surface area (TPSA) is 82.2 Å². The fourth-order valence-corrected chi connectivity index (χ4v) is 4.27. The van der Waals surface area contributed by atoms with Crippen LogP contribution in [0.1, 0.15) is 61.3 Å². The predicted molar refractivity (Wildman–Crippen MR) is 106 cm³/mol. The molecule has 0 aliphatic carbocycles. The van der Waals surface area contributed by atoms with Gasteiger partial charge >= 0.3 is 0 Å². The Hall–Kier alpha value is -2.54. The van der Waals surface area contributed by atoms with E-state index in [1.54, 1.807) is 12.4 Å². The number of aromatic nitrogens is 3. The molecule has 2 aliphatic rings. The summed E-state index contributed by atoms with van der Waals surface area (Å²) in [4.78, 5) is 41.2. The molecule has 0 aromatic carbocycles. The molecule has 0 spiro atoms. The zero-order valence-corrected chi connectivity index (χ0v) is 16.4. The molecule has 148 valence electrons. The summed E-state index contributed by atoms with van der Waals surface area (Å²) in [6.07, 6.45) is 7.70. The van der Waals surface area contributed by atoms with Crippen molar-refractivity contribution in [3.63, 3.8) is 0 Å². The van der Waals surface area contributed by atoms with Gasteiger partial charge in [-0.3, -0.25) is 19.5 Å². The Balaban J connectivity index is 1.59. The normalized spacial score (nSPS) is 20.0. The molecule has 0 unspecified atom stereocenters. The summed E-state index contributed by atoms with van der Waals surface area (Å²) in [6.45, 7) is 4.93. The van der Waals surface area contributed by atoms with Crippen LogP contribution in [-0.2, 0) is 24.3 Å². The maximum atomic E-state index is 12.7. The maximum Gasteiger partial charge on any atom is 0.254 e. The quantitative estimate of drug-likeness (QED) is 0.878. The number of amides is 1. The minimum Gasteiger partial charge on any atom is -0.333 e. The molecule has 1 atom stereocenters. The van der Waals surface area contributed by atoms with Crippen LogP contribution in [0.4, 0.5) is 0 Å². The molecule has 2 aliphatic heterocycles. The average Bonchev–Trinajstić information content (AvgIpc) is 2.73. The van der Waals surface area contributed by atoms with Crippen LogP contribution in [0.3, 0.4) is 0 Å². The van der Waals surface area contributed by atoms with Gasteiger partial charge in [0.1, 0.15) is 5.82 Å². The fourth-order valence-electron chi connectivity index (χ4n) is 4.27. The molecule has 1 fully saturated rings. The molecule has 0 radical (unpaired) electrons. The van der Waals surface area contributed by atoms with E-state index in [9.17, 15) is 9.59 Å². The van der Waals surface area contributed by atoms with Crippen LogP contribution in [0.2, 0.25) is 0 Å². The van der Waals surface area contributed by atoms with Gasteiger partial charge in [-0.15, -0.1) is 0 Å². The lowest BCUT2D eigenvalue weighted by Gasteiger charge is -2.35. The third kappa shape index (κ3) is 3.85. The number of nitrogens with zero attached hydrogens (tertiary/aromatic N) is 4. The van der Waals surface area contributed by atoms with Gasteiger partial charge in [0.25, 0.3) is 5.56 Å². The van der Waals surface area contributed by atoms with E-state index in [0.717, 1.165) is 50.2 Å². The van der Waals surface area contributed by atoms with E-state index >= 15 is 0 Å². The van der Waals surface area contributed by atoms with Gasteiger partial charge in [0.05, 0.1) is 11.7 Å². The molecule has 7 nitrogen and oxygen atoms in total. The number of fused-ring (bicyclic) bond motifs is 1. The van der Waals surface area contributed by atoms with Crippen molar-refractivity contribution in [2.45, 2.75) is 58.2 Å². The van der Waals surface area contributed by atoms with Crippen molar-refractivity contribution >= 4 is 5.91 Å². The van der Waals surface area contributed by atoms with Crippen LogP contribution in [-0.4, -0.2) is 43.7 Å². The average molecular weight is 381 g/mol. The molecule has 4 heterocycles. The largest absolute Gasteiger partial charge is 0.333 e. The fraction of sp³-hybridized carbons (Fsp3) is 0.524. The van der Waals surface area contributed by atoms with Crippen molar-refractivity contribution < 1.29 is 4.79 Å². The van der Waals surface area contributed by atoms with E-state index in [-0.39, 0.29) is 17.5 Å². The Bertz CT molecular complexity index is 895. The maximum absolute atomic E-state index is 12.7. The molecule has 0 bridgehead atoms. The van der Waals surface area contributed by atoms with Gasteiger partial charge in [-0.2, -0.15) is 0 Å². The van der Waals surface area contributed by atoms with Gasteiger partial charge < -0.3 is 9.88 Å². The lowest BCUT2D eigenvalue weighted by Crippen LogP contribution is -2.41. The first kappa shape index (κ1) is 18.8. The van der Waals surface area contributed by atoms with Crippen molar-refractivity contribution in [3.05, 3.63) is 57.5 Å². The van der Waals surface area contributed by atoms with Gasteiger partial charge in [0.15, 0.2) is 0 Å². The minimum absolute atomic E-state index is 0.0435. The summed E-state index contributed by atoms with van der Waals surface area (Å²) in [5.41, 5.74) is 2.81. The zero-order chi connectivity index (χ0) is 19.5. The van der Waals surface area contributed by atoms with Gasteiger partial charge in [0.2, 0.25) is 5.91 Å². The highest BCUT2D eigenvalue weighted by Crippen LogP contribution is 2.29.